The number of carbonyl (C=O) groups excluding carboxylic acids is 1. The number of thiol groups is 1. The second-order valence-electron chi connectivity index (χ2n) is 6.59. The van der Waals surface area contributed by atoms with Crippen molar-refractivity contribution in [3.8, 4) is 0 Å². The standard InChI is InChI=1S/C18H20N4OS2/c23-16(24)10-12-3-7-22(8-4-12)11-13-1-2-15-14(9-13)21-17-18(25-15)20-6-5-19-17/h1-2,5-6,9,12H,3-4,7-8,10-11H2,(H,19,21)(H,23,24). The lowest BCUT2D eigenvalue weighted by molar-refractivity contribution is -0.111. The van der Waals surface area contributed by atoms with Crippen molar-refractivity contribution >= 4 is 41.0 Å². The maximum absolute atomic E-state index is 11.1. The topological polar surface area (TPSA) is 58.1 Å². The van der Waals surface area contributed by atoms with Gasteiger partial charge in [-0.15, -0.1) is 12.6 Å². The Morgan fingerprint density at radius 3 is 2.88 bits per heavy atom. The number of nitrogens with zero attached hydrogens (tertiary/aromatic N) is 3. The summed E-state index contributed by atoms with van der Waals surface area (Å²) in [6.07, 6.45) is 6.19. The van der Waals surface area contributed by atoms with Gasteiger partial charge in [-0.3, -0.25) is 9.69 Å². The third-order valence-corrected chi connectivity index (χ3v) is 6.00. The summed E-state index contributed by atoms with van der Waals surface area (Å²) in [5.41, 5.74) is 2.40. The van der Waals surface area contributed by atoms with Crippen molar-refractivity contribution in [2.75, 3.05) is 18.4 Å². The number of fused-ring (bicyclic) bond motifs is 2. The lowest BCUT2D eigenvalue weighted by Gasteiger charge is -2.31. The molecule has 0 saturated carbocycles. The number of nitrogens with one attached hydrogen (secondary N) is 1. The molecule has 25 heavy (non-hydrogen) atoms. The normalized spacial score (nSPS) is 17.5. The van der Waals surface area contributed by atoms with E-state index in [1.54, 1.807) is 24.2 Å². The van der Waals surface area contributed by atoms with Gasteiger partial charge >= 0.3 is 0 Å². The van der Waals surface area contributed by atoms with Gasteiger partial charge in [0.1, 0.15) is 5.03 Å². The quantitative estimate of drug-likeness (QED) is 0.681. The van der Waals surface area contributed by atoms with Crippen molar-refractivity contribution in [1.29, 1.82) is 0 Å². The molecule has 1 N–H and O–H groups in total. The summed E-state index contributed by atoms with van der Waals surface area (Å²) in [6, 6.07) is 6.56. The Hall–Kier alpha value is -1.57. The van der Waals surface area contributed by atoms with Crippen LogP contribution in [0, 0.1) is 5.92 Å². The van der Waals surface area contributed by atoms with E-state index in [-0.39, 0.29) is 5.12 Å². The first-order chi connectivity index (χ1) is 12.2. The molecule has 0 radical (unpaired) electrons. The van der Waals surface area contributed by atoms with Gasteiger partial charge in [0.15, 0.2) is 10.9 Å². The van der Waals surface area contributed by atoms with E-state index in [1.807, 2.05) is 0 Å². The molecule has 1 saturated heterocycles. The molecule has 1 aromatic carbocycles. The fraction of sp³-hybridized carbons (Fsp3) is 0.389. The second kappa shape index (κ2) is 7.35. The average Bonchev–Trinajstić information content (AvgIpc) is 2.61. The third-order valence-electron chi connectivity index (χ3n) is 4.74. The molecule has 2 aliphatic rings. The molecule has 3 heterocycles. The maximum atomic E-state index is 11.1. The molecule has 0 amide bonds. The van der Waals surface area contributed by atoms with Gasteiger partial charge in [-0.2, -0.15) is 0 Å². The Balaban J connectivity index is 1.40. The Labute approximate surface area is 157 Å². The summed E-state index contributed by atoms with van der Waals surface area (Å²) in [5, 5.41) is 4.32. The molecule has 7 heteroatoms. The third kappa shape index (κ3) is 3.99. The van der Waals surface area contributed by atoms with Crippen molar-refractivity contribution in [3.05, 3.63) is 36.2 Å². The van der Waals surface area contributed by atoms with Gasteiger partial charge in [0.2, 0.25) is 0 Å². The van der Waals surface area contributed by atoms with Crippen LogP contribution in [-0.2, 0) is 11.3 Å². The van der Waals surface area contributed by atoms with Crippen LogP contribution in [0.15, 0.2) is 40.5 Å². The van der Waals surface area contributed by atoms with E-state index in [4.69, 9.17) is 0 Å². The molecule has 2 aliphatic heterocycles. The van der Waals surface area contributed by atoms with E-state index in [2.05, 4.69) is 51.0 Å². The number of likely N-dealkylation sites (tertiary alicyclic amines) is 1. The number of aromatic nitrogens is 2. The zero-order valence-electron chi connectivity index (χ0n) is 13.8. The minimum atomic E-state index is 0.0140. The van der Waals surface area contributed by atoms with Crippen LogP contribution in [0.25, 0.3) is 0 Å². The highest BCUT2D eigenvalue weighted by atomic mass is 32.2. The number of benzene rings is 1. The molecule has 0 aliphatic carbocycles. The van der Waals surface area contributed by atoms with Crippen molar-refractivity contribution in [3.63, 3.8) is 0 Å². The number of piperidine rings is 1. The number of rotatable bonds is 4. The van der Waals surface area contributed by atoms with Crippen LogP contribution in [0.4, 0.5) is 11.5 Å². The summed E-state index contributed by atoms with van der Waals surface area (Å²) in [4.78, 5) is 23.5. The van der Waals surface area contributed by atoms with Crippen molar-refractivity contribution in [2.45, 2.75) is 35.7 Å². The molecule has 1 fully saturated rings. The number of carbonyl (C=O) groups is 1. The summed E-state index contributed by atoms with van der Waals surface area (Å²) in [7, 11) is 0. The first-order valence-electron chi connectivity index (χ1n) is 8.50. The van der Waals surface area contributed by atoms with Gasteiger partial charge in [0.25, 0.3) is 0 Å². The van der Waals surface area contributed by atoms with E-state index >= 15 is 0 Å². The van der Waals surface area contributed by atoms with Crippen LogP contribution in [-0.4, -0.2) is 33.1 Å². The largest absolute Gasteiger partial charge is 0.337 e. The number of hydrogen-bond donors (Lipinski definition) is 2. The van der Waals surface area contributed by atoms with E-state index in [0.717, 1.165) is 49.0 Å². The summed E-state index contributed by atoms with van der Waals surface area (Å²) in [5.74, 6) is 1.33. The first kappa shape index (κ1) is 16.9. The molecular formula is C18H20N4OS2. The summed E-state index contributed by atoms with van der Waals surface area (Å²) < 4.78 is 0. The molecule has 5 nitrogen and oxygen atoms in total. The van der Waals surface area contributed by atoms with E-state index in [0.29, 0.717) is 12.3 Å². The molecule has 0 atom stereocenters. The highest BCUT2D eigenvalue weighted by Crippen LogP contribution is 2.42. The molecule has 0 bridgehead atoms. The van der Waals surface area contributed by atoms with Crippen molar-refractivity contribution < 1.29 is 4.79 Å². The van der Waals surface area contributed by atoms with Gasteiger partial charge < -0.3 is 5.32 Å². The highest BCUT2D eigenvalue weighted by molar-refractivity contribution is 7.99. The predicted octanol–water partition coefficient (Wildman–Crippen LogP) is 3.74. The Morgan fingerprint density at radius 2 is 2.08 bits per heavy atom. The van der Waals surface area contributed by atoms with Crippen molar-refractivity contribution in [1.82, 2.24) is 14.9 Å². The monoisotopic (exact) mass is 372 g/mol. The van der Waals surface area contributed by atoms with Crippen LogP contribution in [0.3, 0.4) is 0 Å². The second-order valence-corrected chi connectivity index (χ2v) is 8.11. The van der Waals surface area contributed by atoms with Crippen LogP contribution in [0.5, 0.6) is 0 Å². The zero-order valence-corrected chi connectivity index (χ0v) is 15.5. The molecule has 0 spiro atoms. The lowest BCUT2D eigenvalue weighted by atomic mass is 9.94. The van der Waals surface area contributed by atoms with E-state index in [1.165, 1.54) is 10.5 Å². The smallest absolute Gasteiger partial charge is 0.186 e. The van der Waals surface area contributed by atoms with Crippen molar-refractivity contribution in [2.24, 2.45) is 5.92 Å². The van der Waals surface area contributed by atoms with E-state index in [9.17, 15) is 4.79 Å². The first-order valence-corrected chi connectivity index (χ1v) is 9.77. The van der Waals surface area contributed by atoms with Gasteiger partial charge in [0.05, 0.1) is 5.69 Å². The molecule has 1 aromatic heterocycles. The fourth-order valence-electron chi connectivity index (χ4n) is 3.43. The lowest BCUT2D eigenvalue weighted by Crippen LogP contribution is -2.33. The Kier molecular flexibility index (Phi) is 4.96. The Morgan fingerprint density at radius 1 is 1.28 bits per heavy atom. The summed E-state index contributed by atoms with van der Waals surface area (Å²) >= 11 is 5.56. The van der Waals surface area contributed by atoms with E-state index < -0.39 is 0 Å². The SMILES string of the molecule is O=C(S)CC1CCN(Cc2ccc3c(c2)Nc2nccnc2S3)CC1. The molecule has 4 rings (SSSR count). The highest BCUT2D eigenvalue weighted by Gasteiger charge is 2.22. The van der Waals surface area contributed by atoms with Crippen LogP contribution in [0.1, 0.15) is 24.8 Å². The predicted molar refractivity (Wildman–Crippen MR) is 102 cm³/mol. The number of anilines is 2. The maximum Gasteiger partial charge on any atom is 0.186 e. The van der Waals surface area contributed by atoms with Crippen LogP contribution >= 0.6 is 24.4 Å². The summed E-state index contributed by atoms with van der Waals surface area (Å²) in [6.45, 7) is 3.02. The van der Waals surface area contributed by atoms with Crippen LogP contribution in [0.2, 0.25) is 0 Å². The molecular weight excluding hydrogens is 352 g/mol. The van der Waals surface area contributed by atoms with Crippen LogP contribution < -0.4 is 5.32 Å². The van der Waals surface area contributed by atoms with Gasteiger partial charge in [-0.1, -0.05) is 17.8 Å². The average molecular weight is 373 g/mol. The molecule has 2 aromatic rings. The minimum absolute atomic E-state index is 0.0140. The van der Waals surface area contributed by atoms with Gasteiger partial charge in [-0.05, 0) is 49.5 Å². The van der Waals surface area contributed by atoms with Gasteiger partial charge in [-0.25, -0.2) is 9.97 Å². The van der Waals surface area contributed by atoms with Gasteiger partial charge in [0, 0.05) is 30.3 Å². The number of hydrogen-bond acceptors (Lipinski definition) is 6. The zero-order chi connectivity index (χ0) is 17.2. The molecule has 130 valence electrons. The minimum Gasteiger partial charge on any atom is -0.337 e. The Bertz CT molecular complexity index is 790. The fourth-order valence-corrected chi connectivity index (χ4v) is 4.57. The molecule has 0 unspecified atom stereocenters.